The van der Waals surface area contributed by atoms with Crippen LogP contribution in [0.5, 0.6) is 0 Å². The smallest absolute Gasteiger partial charge is 0.203 e. The summed E-state index contributed by atoms with van der Waals surface area (Å²) < 4.78 is 13.2. The minimum atomic E-state index is -0.668. The van der Waals surface area contributed by atoms with Crippen molar-refractivity contribution in [3.63, 3.8) is 0 Å². The fourth-order valence-electron chi connectivity index (χ4n) is 2.78. The summed E-state index contributed by atoms with van der Waals surface area (Å²) in [5.74, 6) is 0.534. The second-order valence-electron chi connectivity index (χ2n) is 6.30. The van der Waals surface area contributed by atoms with Crippen LogP contribution in [-0.4, -0.2) is 58.3 Å². The number of fused-ring (bicyclic) bond motifs is 1. The van der Waals surface area contributed by atoms with Gasteiger partial charge in [0.05, 0.1) is 16.6 Å². The molecule has 2 N–H and O–H groups in total. The van der Waals surface area contributed by atoms with E-state index in [9.17, 15) is 9.50 Å². The van der Waals surface area contributed by atoms with Crippen LogP contribution in [0.4, 0.5) is 10.3 Å². The summed E-state index contributed by atoms with van der Waals surface area (Å²) in [6, 6.07) is 4.58. The van der Waals surface area contributed by atoms with Gasteiger partial charge in [0.15, 0.2) is 0 Å². The van der Waals surface area contributed by atoms with Crippen molar-refractivity contribution >= 4 is 17.0 Å². The lowest BCUT2D eigenvalue weighted by Gasteiger charge is -2.37. The number of hydrogen-bond acceptors (Lipinski definition) is 4. The number of aromatic amines is 1. The molecule has 0 bridgehead atoms. The number of aliphatic hydroxyl groups is 1. The van der Waals surface area contributed by atoms with Gasteiger partial charge in [0, 0.05) is 32.7 Å². The highest BCUT2D eigenvalue weighted by atomic mass is 19.1. The molecule has 0 unspecified atom stereocenters. The van der Waals surface area contributed by atoms with E-state index < -0.39 is 5.60 Å². The number of nitrogens with one attached hydrogen (secondary N) is 1. The fourth-order valence-corrected chi connectivity index (χ4v) is 2.78. The Morgan fingerprint density at radius 3 is 2.67 bits per heavy atom. The molecule has 1 aliphatic heterocycles. The topological polar surface area (TPSA) is 55.4 Å². The molecule has 2 heterocycles. The molecule has 5 nitrogen and oxygen atoms in total. The second kappa shape index (κ2) is 5.27. The van der Waals surface area contributed by atoms with Gasteiger partial charge in [-0.1, -0.05) is 0 Å². The number of benzene rings is 1. The molecule has 3 rings (SSSR count). The van der Waals surface area contributed by atoms with Gasteiger partial charge in [-0.3, -0.25) is 4.90 Å². The first kappa shape index (κ1) is 14.3. The van der Waals surface area contributed by atoms with Crippen molar-refractivity contribution in [1.29, 1.82) is 0 Å². The molecule has 1 saturated heterocycles. The fraction of sp³-hybridized carbons (Fsp3) is 0.533. The van der Waals surface area contributed by atoms with E-state index in [0.717, 1.165) is 43.2 Å². The van der Waals surface area contributed by atoms with Crippen LogP contribution in [0, 0.1) is 5.82 Å². The molecule has 1 aromatic carbocycles. The maximum Gasteiger partial charge on any atom is 0.203 e. The molecule has 0 aliphatic carbocycles. The molecule has 1 aliphatic rings. The zero-order chi connectivity index (χ0) is 15.0. The molecule has 0 atom stereocenters. The molecular formula is C15H21FN4O. The summed E-state index contributed by atoms with van der Waals surface area (Å²) in [5.41, 5.74) is 0.841. The van der Waals surface area contributed by atoms with Gasteiger partial charge < -0.3 is 15.0 Å². The zero-order valence-electron chi connectivity index (χ0n) is 12.4. The van der Waals surface area contributed by atoms with Gasteiger partial charge >= 0.3 is 0 Å². The van der Waals surface area contributed by atoms with Crippen LogP contribution in [0.25, 0.3) is 11.0 Å². The third-order valence-corrected chi connectivity index (χ3v) is 3.71. The number of hydrogen-bond donors (Lipinski definition) is 2. The number of halogens is 1. The molecule has 6 heteroatoms. The first-order valence-electron chi connectivity index (χ1n) is 7.26. The molecule has 0 saturated carbocycles. The van der Waals surface area contributed by atoms with Crippen LogP contribution in [-0.2, 0) is 0 Å². The van der Waals surface area contributed by atoms with Crippen molar-refractivity contribution in [2.45, 2.75) is 19.4 Å². The predicted molar refractivity (Wildman–Crippen MR) is 81.0 cm³/mol. The highest BCUT2D eigenvalue weighted by Gasteiger charge is 2.24. The Bertz CT molecular complexity index is 626. The SMILES string of the molecule is CC(C)(O)CN1CCN(c2nc3ccc(F)cc3[nH]2)CC1. The van der Waals surface area contributed by atoms with Gasteiger partial charge in [-0.05, 0) is 32.0 Å². The van der Waals surface area contributed by atoms with E-state index in [1.54, 1.807) is 6.07 Å². The Morgan fingerprint density at radius 2 is 2.00 bits per heavy atom. The van der Waals surface area contributed by atoms with Gasteiger partial charge in [0.1, 0.15) is 5.82 Å². The quantitative estimate of drug-likeness (QED) is 0.902. The van der Waals surface area contributed by atoms with Crippen LogP contribution in [0.1, 0.15) is 13.8 Å². The van der Waals surface area contributed by atoms with Crippen molar-refractivity contribution in [2.75, 3.05) is 37.6 Å². The van der Waals surface area contributed by atoms with Gasteiger partial charge in [-0.15, -0.1) is 0 Å². The maximum absolute atomic E-state index is 13.2. The van der Waals surface area contributed by atoms with E-state index in [2.05, 4.69) is 19.8 Å². The molecule has 21 heavy (non-hydrogen) atoms. The largest absolute Gasteiger partial charge is 0.389 e. The van der Waals surface area contributed by atoms with E-state index in [-0.39, 0.29) is 5.82 Å². The Morgan fingerprint density at radius 1 is 1.29 bits per heavy atom. The summed E-state index contributed by atoms with van der Waals surface area (Å²) in [5, 5.41) is 9.86. The summed E-state index contributed by atoms with van der Waals surface area (Å²) in [6.07, 6.45) is 0. The monoisotopic (exact) mass is 292 g/mol. The Hall–Kier alpha value is -1.66. The molecule has 2 aromatic rings. The van der Waals surface area contributed by atoms with Gasteiger partial charge in [0.2, 0.25) is 5.95 Å². The number of rotatable bonds is 3. The lowest BCUT2D eigenvalue weighted by atomic mass is 10.1. The lowest BCUT2D eigenvalue weighted by Crippen LogP contribution is -2.50. The van der Waals surface area contributed by atoms with Crippen molar-refractivity contribution in [3.05, 3.63) is 24.0 Å². The predicted octanol–water partition coefficient (Wildman–Crippen LogP) is 1.59. The second-order valence-corrected chi connectivity index (χ2v) is 6.30. The average Bonchev–Trinajstić information content (AvgIpc) is 2.80. The van der Waals surface area contributed by atoms with Crippen molar-refractivity contribution in [2.24, 2.45) is 0 Å². The molecule has 0 spiro atoms. The highest BCUT2D eigenvalue weighted by molar-refractivity contribution is 5.77. The number of aromatic nitrogens is 2. The van der Waals surface area contributed by atoms with Gasteiger partial charge in [-0.25, -0.2) is 9.37 Å². The Labute approximate surface area is 123 Å². The van der Waals surface area contributed by atoms with Crippen molar-refractivity contribution < 1.29 is 9.50 Å². The summed E-state index contributed by atoms with van der Waals surface area (Å²) in [7, 11) is 0. The number of nitrogens with zero attached hydrogens (tertiary/aromatic N) is 3. The Kier molecular flexibility index (Phi) is 3.59. The molecule has 0 amide bonds. The summed E-state index contributed by atoms with van der Waals surface area (Å²) in [4.78, 5) is 12.1. The third kappa shape index (κ3) is 3.33. The minimum Gasteiger partial charge on any atom is -0.389 e. The van der Waals surface area contributed by atoms with Gasteiger partial charge in [-0.2, -0.15) is 0 Å². The normalized spacial score (nSPS) is 17.6. The van der Waals surface area contributed by atoms with Crippen LogP contribution < -0.4 is 4.90 Å². The minimum absolute atomic E-state index is 0.257. The lowest BCUT2D eigenvalue weighted by molar-refractivity contribution is 0.0344. The van der Waals surface area contributed by atoms with Crippen LogP contribution in [0.15, 0.2) is 18.2 Å². The van der Waals surface area contributed by atoms with Gasteiger partial charge in [0.25, 0.3) is 0 Å². The van der Waals surface area contributed by atoms with Crippen LogP contribution in [0.2, 0.25) is 0 Å². The van der Waals surface area contributed by atoms with E-state index in [1.165, 1.54) is 12.1 Å². The first-order chi connectivity index (χ1) is 9.90. The van der Waals surface area contributed by atoms with Crippen LogP contribution >= 0.6 is 0 Å². The number of anilines is 1. The number of H-pyrrole nitrogens is 1. The number of β-amino-alcohol motifs (C(OH)–C–C–N with tert-alkyl or cyclic N) is 1. The first-order valence-corrected chi connectivity index (χ1v) is 7.26. The molecular weight excluding hydrogens is 271 g/mol. The van der Waals surface area contributed by atoms with E-state index in [0.29, 0.717) is 6.54 Å². The molecule has 0 radical (unpaired) electrons. The Balaban J connectivity index is 1.68. The molecule has 114 valence electrons. The van der Waals surface area contributed by atoms with E-state index >= 15 is 0 Å². The van der Waals surface area contributed by atoms with E-state index in [1.807, 2.05) is 13.8 Å². The highest BCUT2D eigenvalue weighted by Crippen LogP contribution is 2.20. The van der Waals surface area contributed by atoms with E-state index in [4.69, 9.17) is 0 Å². The zero-order valence-corrected chi connectivity index (χ0v) is 12.4. The number of piperazine rings is 1. The molecule has 1 fully saturated rings. The number of imidazole rings is 1. The standard InChI is InChI=1S/C15H21FN4O/c1-15(2,21)10-19-5-7-20(8-6-19)14-17-12-4-3-11(16)9-13(12)18-14/h3-4,9,21H,5-8,10H2,1-2H3,(H,17,18). The van der Waals surface area contributed by atoms with Crippen molar-refractivity contribution in [1.82, 2.24) is 14.9 Å². The summed E-state index contributed by atoms with van der Waals surface area (Å²) in [6.45, 7) is 7.79. The molecule has 1 aromatic heterocycles. The maximum atomic E-state index is 13.2. The average molecular weight is 292 g/mol. The third-order valence-electron chi connectivity index (χ3n) is 3.71. The van der Waals surface area contributed by atoms with Crippen LogP contribution in [0.3, 0.4) is 0 Å². The summed E-state index contributed by atoms with van der Waals surface area (Å²) >= 11 is 0. The van der Waals surface area contributed by atoms with Crippen molar-refractivity contribution in [3.8, 4) is 0 Å².